The molecular formula is C22H28BrN3O2. The van der Waals surface area contributed by atoms with Crippen molar-refractivity contribution in [3.05, 3.63) is 40.8 Å². The first-order valence-corrected chi connectivity index (χ1v) is 10.9. The van der Waals surface area contributed by atoms with Crippen LogP contribution in [-0.2, 0) is 4.74 Å². The number of amides is 1. The van der Waals surface area contributed by atoms with Gasteiger partial charge in [-0.2, -0.15) is 0 Å². The number of carbonyl (C=O) groups is 1. The van der Waals surface area contributed by atoms with Crippen molar-refractivity contribution < 1.29 is 9.53 Å². The Morgan fingerprint density at radius 2 is 1.93 bits per heavy atom. The van der Waals surface area contributed by atoms with Crippen molar-refractivity contribution in [3.63, 3.8) is 0 Å². The van der Waals surface area contributed by atoms with Crippen molar-refractivity contribution in [1.82, 2.24) is 14.9 Å². The van der Waals surface area contributed by atoms with Crippen LogP contribution >= 0.6 is 15.9 Å². The lowest BCUT2D eigenvalue weighted by Gasteiger charge is -2.34. The number of aromatic amines is 1. The number of nitrogens with zero attached hydrogens (tertiary/aromatic N) is 2. The Balaban J connectivity index is 1.62. The summed E-state index contributed by atoms with van der Waals surface area (Å²) in [6.07, 6.45) is 7.27. The van der Waals surface area contributed by atoms with Gasteiger partial charge in [0.25, 0.3) is 0 Å². The van der Waals surface area contributed by atoms with Crippen LogP contribution in [0.3, 0.4) is 0 Å². The number of carbonyl (C=O) groups excluding carboxylic acids is 1. The smallest absolute Gasteiger partial charge is 0.411 e. The summed E-state index contributed by atoms with van der Waals surface area (Å²) in [4.78, 5) is 23.2. The minimum Gasteiger partial charge on any atom is -0.444 e. The van der Waals surface area contributed by atoms with Crippen molar-refractivity contribution in [3.8, 4) is 11.3 Å². The molecule has 1 aromatic carbocycles. The lowest BCUT2D eigenvalue weighted by molar-refractivity contribution is 0.00952. The number of nitrogens with one attached hydrogen (secondary N) is 1. The number of hydrogen-bond acceptors (Lipinski definition) is 3. The molecule has 28 heavy (non-hydrogen) atoms. The molecule has 4 rings (SSSR count). The summed E-state index contributed by atoms with van der Waals surface area (Å²) in [5.41, 5.74) is 1.56. The molecular weight excluding hydrogens is 418 g/mol. The summed E-state index contributed by atoms with van der Waals surface area (Å²) in [6, 6.07) is 8.37. The predicted octanol–water partition coefficient (Wildman–Crippen LogP) is 6.08. The van der Waals surface area contributed by atoms with Crippen LogP contribution in [0.2, 0.25) is 0 Å². The first kappa shape index (κ1) is 19.5. The van der Waals surface area contributed by atoms with Gasteiger partial charge in [0.05, 0.1) is 17.9 Å². The van der Waals surface area contributed by atoms with Crippen LogP contribution in [0.4, 0.5) is 4.79 Å². The lowest BCUT2D eigenvalue weighted by atomic mass is 9.85. The molecule has 1 aromatic heterocycles. The first-order chi connectivity index (χ1) is 13.3. The van der Waals surface area contributed by atoms with E-state index in [2.05, 4.69) is 38.0 Å². The SMILES string of the molecule is CC(C)(C)OC(=O)N1C(c2ncc(-c3ccc(Br)cc3)[nH]2)CC2CCCCC21. The number of imidazole rings is 1. The van der Waals surface area contributed by atoms with E-state index < -0.39 is 5.60 Å². The summed E-state index contributed by atoms with van der Waals surface area (Å²) in [5.74, 6) is 1.39. The number of fused-ring (bicyclic) bond motifs is 1. The number of rotatable bonds is 2. The molecule has 1 aliphatic heterocycles. The number of likely N-dealkylation sites (tertiary alicyclic amines) is 1. The highest BCUT2D eigenvalue weighted by atomic mass is 79.9. The van der Waals surface area contributed by atoms with Gasteiger partial charge in [0.15, 0.2) is 0 Å². The summed E-state index contributed by atoms with van der Waals surface area (Å²) in [7, 11) is 0. The van der Waals surface area contributed by atoms with Gasteiger partial charge in [-0.1, -0.05) is 40.9 Å². The third-order valence-electron chi connectivity index (χ3n) is 5.76. The van der Waals surface area contributed by atoms with Crippen LogP contribution < -0.4 is 0 Å². The Kier molecular flexibility index (Phi) is 5.25. The fourth-order valence-corrected chi connectivity index (χ4v) is 4.83. The maximum atomic E-state index is 13.1. The third-order valence-corrected chi connectivity index (χ3v) is 6.29. The molecule has 0 radical (unpaired) electrons. The van der Waals surface area contributed by atoms with E-state index >= 15 is 0 Å². The zero-order valence-electron chi connectivity index (χ0n) is 16.7. The third kappa shape index (κ3) is 3.97. The number of benzene rings is 1. The molecule has 1 amide bonds. The molecule has 1 N–H and O–H groups in total. The Bertz CT molecular complexity index is 840. The largest absolute Gasteiger partial charge is 0.444 e. The second-order valence-corrected chi connectivity index (χ2v) is 9.86. The zero-order chi connectivity index (χ0) is 19.9. The molecule has 2 heterocycles. The van der Waals surface area contributed by atoms with Crippen LogP contribution in [0.15, 0.2) is 34.9 Å². The van der Waals surface area contributed by atoms with Gasteiger partial charge in [0.2, 0.25) is 0 Å². The lowest BCUT2D eigenvalue weighted by Crippen LogP contribution is -2.43. The predicted molar refractivity (Wildman–Crippen MR) is 113 cm³/mol. The molecule has 3 atom stereocenters. The molecule has 0 bridgehead atoms. The fourth-order valence-electron chi connectivity index (χ4n) is 4.56. The van der Waals surface area contributed by atoms with Crippen molar-refractivity contribution in [2.45, 2.75) is 70.6 Å². The van der Waals surface area contributed by atoms with Gasteiger partial charge in [-0.15, -0.1) is 0 Å². The second-order valence-electron chi connectivity index (χ2n) is 8.94. The van der Waals surface area contributed by atoms with Crippen LogP contribution in [0.1, 0.15) is 64.7 Å². The van der Waals surface area contributed by atoms with Gasteiger partial charge in [-0.3, -0.25) is 4.90 Å². The number of ether oxygens (including phenoxy) is 1. The van der Waals surface area contributed by atoms with Gasteiger partial charge in [-0.05, 0) is 63.6 Å². The molecule has 5 nitrogen and oxygen atoms in total. The van der Waals surface area contributed by atoms with Crippen LogP contribution in [0.5, 0.6) is 0 Å². The summed E-state index contributed by atoms with van der Waals surface area (Å²) in [5, 5.41) is 0. The van der Waals surface area contributed by atoms with E-state index in [1.807, 2.05) is 44.0 Å². The maximum absolute atomic E-state index is 13.1. The molecule has 2 fully saturated rings. The van der Waals surface area contributed by atoms with E-state index in [1.54, 1.807) is 0 Å². The van der Waals surface area contributed by atoms with Gasteiger partial charge >= 0.3 is 6.09 Å². The van der Waals surface area contributed by atoms with Crippen LogP contribution in [0, 0.1) is 5.92 Å². The average molecular weight is 446 g/mol. The van der Waals surface area contributed by atoms with Crippen LogP contribution in [-0.4, -0.2) is 32.6 Å². The Hall–Kier alpha value is -1.82. The molecule has 1 saturated heterocycles. The fraction of sp³-hybridized carbons (Fsp3) is 0.545. The maximum Gasteiger partial charge on any atom is 0.411 e. The van der Waals surface area contributed by atoms with E-state index in [1.165, 1.54) is 19.3 Å². The summed E-state index contributed by atoms with van der Waals surface area (Å²) < 4.78 is 6.82. The van der Waals surface area contributed by atoms with E-state index in [4.69, 9.17) is 4.74 Å². The zero-order valence-corrected chi connectivity index (χ0v) is 18.3. The monoisotopic (exact) mass is 445 g/mol. The molecule has 3 unspecified atom stereocenters. The molecule has 1 saturated carbocycles. The van der Waals surface area contributed by atoms with E-state index in [-0.39, 0.29) is 18.2 Å². The molecule has 6 heteroatoms. The van der Waals surface area contributed by atoms with E-state index in [0.717, 1.165) is 34.4 Å². The highest BCUT2D eigenvalue weighted by Gasteiger charge is 2.47. The molecule has 2 aliphatic rings. The highest BCUT2D eigenvalue weighted by Crippen LogP contribution is 2.46. The van der Waals surface area contributed by atoms with Gasteiger partial charge in [0, 0.05) is 10.5 Å². The normalized spacial score (nSPS) is 24.9. The second kappa shape index (κ2) is 7.54. The van der Waals surface area contributed by atoms with Crippen molar-refractivity contribution >= 4 is 22.0 Å². The van der Waals surface area contributed by atoms with Crippen LogP contribution in [0.25, 0.3) is 11.3 Å². The quantitative estimate of drug-likeness (QED) is 0.608. The van der Waals surface area contributed by atoms with E-state index in [0.29, 0.717) is 5.92 Å². The molecule has 0 spiro atoms. The summed E-state index contributed by atoms with van der Waals surface area (Å²) >= 11 is 3.48. The van der Waals surface area contributed by atoms with Crippen molar-refractivity contribution in [2.75, 3.05) is 0 Å². The number of hydrogen-bond donors (Lipinski definition) is 1. The van der Waals surface area contributed by atoms with Crippen molar-refractivity contribution in [1.29, 1.82) is 0 Å². The Morgan fingerprint density at radius 1 is 1.21 bits per heavy atom. The minimum atomic E-state index is -0.500. The minimum absolute atomic E-state index is 0.0489. The van der Waals surface area contributed by atoms with Gasteiger partial charge in [-0.25, -0.2) is 9.78 Å². The number of H-pyrrole nitrogens is 1. The number of aromatic nitrogens is 2. The van der Waals surface area contributed by atoms with Gasteiger partial charge in [0.1, 0.15) is 11.4 Å². The van der Waals surface area contributed by atoms with Crippen molar-refractivity contribution in [2.24, 2.45) is 5.92 Å². The summed E-state index contributed by atoms with van der Waals surface area (Å²) in [6.45, 7) is 5.77. The Morgan fingerprint density at radius 3 is 2.64 bits per heavy atom. The molecule has 2 aromatic rings. The number of halogens is 1. The Labute approximate surface area is 175 Å². The topological polar surface area (TPSA) is 58.2 Å². The highest BCUT2D eigenvalue weighted by molar-refractivity contribution is 9.10. The van der Waals surface area contributed by atoms with Gasteiger partial charge < -0.3 is 9.72 Å². The van der Waals surface area contributed by atoms with E-state index in [9.17, 15) is 4.79 Å². The standard InChI is InChI=1S/C22H28BrN3O2/c1-22(2,3)28-21(27)26-18-7-5-4-6-15(18)12-19(26)20-24-13-17(25-20)14-8-10-16(23)11-9-14/h8-11,13,15,18-19H,4-7,12H2,1-3H3,(H,24,25). The average Bonchev–Trinajstić information content (AvgIpc) is 3.25. The molecule has 1 aliphatic carbocycles. The first-order valence-electron chi connectivity index (χ1n) is 10.1. The molecule has 150 valence electrons.